The highest BCUT2D eigenvalue weighted by Crippen LogP contribution is 2.29. The number of aromatic nitrogens is 1. The highest BCUT2D eigenvalue weighted by molar-refractivity contribution is 7.13. The Morgan fingerprint density at radius 2 is 1.56 bits per heavy atom. The zero-order valence-electron chi connectivity index (χ0n) is 18.1. The average molecular weight is 439 g/mol. The van der Waals surface area contributed by atoms with Crippen molar-refractivity contribution >= 4 is 27.4 Å². The molecule has 0 fully saturated rings. The van der Waals surface area contributed by atoms with Crippen LogP contribution in [0.3, 0.4) is 0 Å². The summed E-state index contributed by atoms with van der Waals surface area (Å²) in [4.78, 5) is 9.67. The lowest BCUT2D eigenvalue weighted by atomic mass is 10.1. The number of rotatable bonds is 4. The highest BCUT2D eigenvalue weighted by atomic mass is 32.1. The topological polar surface area (TPSA) is 47.6 Å². The molecule has 0 amide bonds. The first-order valence-corrected chi connectivity index (χ1v) is 11.2. The Balaban J connectivity index is 1.63. The van der Waals surface area contributed by atoms with Crippen LogP contribution in [-0.4, -0.2) is 12.1 Å². The maximum atomic E-state index is 6.23. The summed E-state index contributed by atoms with van der Waals surface area (Å²) in [5.41, 5.74) is 6.13. The lowest BCUT2D eigenvalue weighted by Gasteiger charge is -2.06. The number of aryl methyl sites for hydroxylation is 2. The van der Waals surface area contributed by atoms with Gasteiger partial charge in [-0.1, -0.05) is 41.5 Å². The van der Waals surface area contributed by atoms with Crippen LogP contribution in [0.15, 0.2) is 87.6 Å². The normalized spacial score (nSPS) is 11.8. The smallest absolute Gasteiger partial charge is 0.210 e. The third-order valence-corrected chi connectivity index (χ3v) is 6.06. The molecule has 0 aliphatic heterocycles. The number of benzene rings is 3. The van der Waals surface area contributed by atoms with Crippen LogP contribution in [0.5, 0.6) is 5.75 Å². The number of fused-ring (bicyclic) bond motifs is 1. The molecule has 5 rings (SSSR count). The lowest BCUT2D eigenvalue weighted by Crippen LogP contribution is -2.03. The van der Waals surface area contributed by atoms with Gasteiger partial charge in [-0.15, -0.1) is 11.3 Å². The van der Waals surface area contributed by atoms with Crippen molar-refractivity contribution in [3.63, 3.8) is 0 Å². The van der Waals surface area contributed by atoms with E-state index < -0.39 is 0 Å². The predicted molar refractivity (Wildman–Crippen MR) is 130 cm³/mol. The summed E-state index contributed by atoms with van der Waals surface area (Å²) in [7, 11) is 1.66. The zero-order valence-corrected chi connectivity index (χ0v) is 18.9. The number of thiazole rings is 1. The first kappa shape index (κ1) is 20.2. The van der Waals surface area contributed by atoms with Gasteiger partial charge in [0.25, 0.3) is 0 Å². The molecule has 0 N–H and O–H groups in total. The van der Waals surface area contributed by atoms with Crippen LogP contribution in [-0.2, 0) is 0 Å². The molecule has 4 nitrogen and oxygen atoms in total. The van der Waals surface area contributed by atoms with E-state index in [9.17, 15) is 0 Å². The Morgan fingerprint density at radius 3 is 2.31 bits per heavy atom. The molecule has 0 saturated heterocycles. The summed E-state index contributed by atoms with van der Waals surface area (Å²) >= 11 is 1.53. The summed E-state index contributed by atoms with van der Waals surface area (Å²) in [5, 5.41) is 4.56. The van der Waals surface area contributed by atoms with Crippen LogP contribution >= 0.6 is 11.3 Å². The van der Waals surface area contributed by atoms with Gasteiger partial charge in [0.2, 0.25) is 5.13 Å². The van der Waals surface area contributed by atoms with Crippen LogP contribution in [0.4, 0.5) is 5.13 Å². The SMILES string of the molecule is COc1ccc(-c2csc(N=c3cc(-c4ccc(C)cc4)oc4ccc(C)cc34)n2)cc1. The second-order valence-electron chi connectivity index (χ2n) is 7.72. The Hall–Kier alpha value is -3.70. The Bertz CT molecular complexity index is 1460. The number of hydrogen-bond donors (Lipinski definition) is 0. The zero-order chi connectivity index (χ0) is 22.1. The maximum absolute atomic E-state index is 6.23. The summed E-state index contributed by atoms with van der Waals surface area (Å²) in [6.45, 7) is 4.15. The van der Waals surface area contributed by atoms with Gasteiger partial charge in [0.1, 0.15) is 17.1 Å². The van der Waals surface area contributed by atoms with Crippen LogP contribution in [0.25, 0.3) is 33.6 Å². The average Bonchev–Trinajstić information content (AvgIpc) is 3.28. The van der Waals surface area contributed by atoms with Gasteiger partial charge < -0.3 is 9.15 Å². The fourth-order valence-electron chi connectivity index (χ4n) is 3.55. The molecule has 0 bridgehead atoms. The monoisotopic (exact) mass is 438 g/mol. The second kappa shape index (κ2) is 8.44. The molecule has 2 heterocycles. The molecule has 0 aliphatic carbocycles. The van der Waals surface area contributed by atoms with E-state index in [1.54, 1.807) is 7.11 Å². The molecule has 0 radical (unpaired) electrons. The molecule has 32 heavy (non-hydrogen) atoms. The number of methoxy groups -OCH3 is 1. The molecule has 0 saturated carbocycles. The minimum absolute atomic E-state index is 0.708. The van der Waals surface area contributed by atoms with E-state index in [-0.39, 0.29) is 0 Å². The summed E-state index contributed by atoms with van der Waals surface area (Å²) in [6, 6.07) is 24.4. The molecule has 0 aliphatic rings. The van der Waals surface area contributed by atoms with E-state index in [4.69, 9.17) is 19.1 Å². The molecular weight excluding hydrogens is 416 g/mol. The second-order valence-corrected chi connectivity index (χ2v) is 8.55. The molecule has 0 atom stereocenters. The molecule has 5 heteroatoms. The van der Waals surface area contributed by atoms with Crippen LogP contribution < -0.4 is 10.1 Å². The maximum Gasteiger partial charge on any atom is 0.210 e. The Labute approximate surface area is 190 Å². The van der Waals surface area contributed by atoms with E-state index in [1.165, 1.54) is 16.9 Å². The van der Waals surface area contributed by atoms with E-state index >= 15 is 0 Å². The minimum atomic E-state index is 0.708. The van der Waals surface area contributed by atoms with Gasteiger partial charge >= 0.3 is 0 Å². The molecule has 3 aromatic carbocycles. The van der Waals surface area contributed by atoms with Gasteiger partial charge in [0.15, 0.2) is 0 Å². The van der Waals surface area contributed by atoms with Gasteiger partial charge in [0, 0.05) is 28.0 Å². The van der Waals surface area contributed by atoms with Crippen molar-refractivity contribution in [3.05, 3.63) is 94.7 Å². The van der Waals surface area contributed by atoms with Crippen molar-refractivity contribution < 1.29 is 9.15 Å². The van der Waals surface area contributed by atoms with E-state index in [0.717, 1.165) is 50.2 Å². The molecule has 158 valence electrons. The number of ether oxygens (including phenoxy) is 1. The molecule has 2 aromatic heterocycles. The molecule has 0 spiro atoms. The van der Waals surface area contributed by atoms with Crippen molar-refractivity contribution in [2.45, 2.75) is 13.8 Å². The van der Waals surface area contributed by atoms with Crippen molar-refractivity contribution in [2.75, 3.05) is 7.11 Å². The number of hydrogen-bond acceptors (Lipinski definition) is 5. The van der Waals surface area contributed by atoms with Gasteiger partial charge in [0.05, 0.1) is 18.2 Å². The van der Waals surface area contributed by atoms with Crippen molar-refractivity contribution in [1.29, 1.82) is 0 Å². The van der Waals surface area contributed by atoms with E-state index in [0.29, 0.717) is 5.13 Å². The van der Waals surface area contributed by atoms with Gasteiger partial charge in [-0.3, -0.25) is 0 Å². The van der Waals surface area contributed by atoms with Crippen molar-refractivity contribution in [2.24, 2.45) is 4.99 Å². The van der Waals surface area contributed by atoms with Crippen LogP contribution in [0, 0.1) is 13.8 Å². The first-order valence-electron chi connectivity index (χ1n) is 10.4. The largest absolute Gasteiger partial charge is 0.497 e. The Kier molecular flexibility index (Phi) is 5.33. The standard InChI is InChI=1S/C27H22N2O2S/c1-17-4-7-20(8-5-17)26-15-23(22-14-18(2)6-13-25(22)31-26)28-27-29-24(16-32-27)19-9-11-21(30-3)12-10-19/h4-16H,1-3H3. The highest BCUT2D eigenvalue weighted by Gasteiger charge is 2.09. The van der Waals surface area contributed by atoms with Crippen molar-refractivity contribution in [3.8, 4) is 28.3 Å². The first-order chi connectivity index (χ1) is 15.6. The van der Waals surface area contributed by atoms with Gasteiger partial charge in [-0.2, -0.15) is 0 Å². The van der Waals surface area contributed by atoms with E-state index in [2.05, 4.69) is 50.2 Å². The third-order valence-electron chi connectivity index (χ3n) is 5.33. The predicted octanol–water partition coefficient (Wildman–Crippen LogP) is 7.08. The van der Waals surface area contributed by atoms with Gasteiger partial charge in [-0.05, 0) is 50.2 Å². The van der Waals surface area contributed by atoms with Crippen molar-refractivity contribution in [1.82, 2.24) is 4.98 Å². The molecular formula is C27H22N2O2S. The summed E-state index contributed by atoms with van der Waals surface area (Å²) in [5.74, 6) is 1.61. The lowest BCUT2D eigenvalue weighted by molar-refractivity contribution is 0.415. The number of nitrogens with zero attached hydrogens (tertiary/aromatic N) is 2. The summed E-state index contributed by atoms with van der Waals surface area (Å²) < 4.78 is 11.5. The fraction of sp³-hybridized carbons (Fsp3) is 0.111. The Morgan fingerprint density at radius 1 is 0.844 bits per heavy atom. The summed E-state index contributed by atoms with van der Waals surface area (Å²) in [6.07, 6.45) is 0. The van der Waals surface area contributed by atoms with E-state index in [1.807, 2.05) is 41.8 Å². The fourth-order valence-corrected chi connectivity index (χ4v) is 4.26. The van der Waals surface area contributed by atoms with Gasteiger partial charge in [-0.25, -0.2) is 9.98 Å². The molecule has 0 unspecified atom stereocenters. The quantitative estimate of drug-likeness (QED) is 0.301. The third kappa shape index (κ3) is 4.07. The van der Waals surface area contributed by atoms with Crippen LogP contribution in [0.2, 0.25) is 0 Å². The molecule has 5 aromatic rings. The van der Waals surface area contributed by atoms with Crippen LogP contribution in [0.1, 0.15) is 11.1 Å². The minimum Gasteiger partial charge on any atom is -0.497 e.